The number of fused-ring (bicyclic) bond motifs is 6. The molecule has 1 spiro atoms. The second-order valence-electron chi connectivity index (χ2n) is 11.1. The molecule has 4 fully saturated rings. The van der Waals surface area contributed by atoms with Crippen LogP contribution in [0, 0.1) is 28.6 Å². The van der Waals surface area contributed by atoms with E-state index in [0.717, 1.165) is 25.7 Å². The van der Waals surface area contributed by atoms with E-state index in [2.05, 4.69) is 13.8 Å². The van der Waals surface area contributed by atoms with Crippen LogP contribution in [-0.2, 0) is 28.5 Å². The number of carbonyl (C=O) groups excluding carboxylic acids is 2. The first-order chi connectivity index (χ1) is 15.6. The summed E-state index contributed by atoms with van der Waals surface area (Å²) in [6, 6.07) is 0. The highest BCUT2D eigenvalue weighted by Gasteiger charge is 2.72. The van der Waals surface area contributed by atoms with E-state index >= 15 is 0 Å². The van der Waals surface area contributed by atoms with Crippen molar-refractivity contribution in [2.45, 2.75) is 90.5 Å². The molecule has 184 valence electrons. The number of carbonyl (C=O) groups is 2. The topological polar surface area (TPSA) is 91.3 Å². The van der Waals surface area contributed by atoms with Crippen LogP contribution in [0.5, 0.6) is 0 Å². The molecule has 0 radical (unpaired) electrons. The maximum Gasteiger partial charge on any atom is 0.414 e. The van der Waals surface area contributed by atoms with Crippen LogP contribution in [0.3, 0.4) is 0 Å². The Bertz CT molecular complexity index is 861. The number of aliphatic hydroxyl groups is 1. The van der Waals surface area contributed by atoms with Gasteiger partial charge in [0.2, 0.25) is 0 Å². The Labute approximate surface area is 196 Å². The quantitative estimate of drug-likeness (QED) is 0.639. The summed E-state index contributed by atoms with van der Waals surface area (Å²) < 4.78 is 23.7. The van der Waals surface area contributed by atoms with Gasteiger partial charge in [-0.1, -0.05) is 19.4 Å². The number of ketones is 2. The molecular weight excluding hydrogens is 424 g/mol. The second-order valence-corrected chi connectivity index (χ2v) is 11.1. The summed E-state index contributed by atoms with van der Waals surface area (Å²) in [4.78, 5) is 25.6. The first-order valence-electron chi connectivity index (χ1n) is 12.7. The van der Waals surface area contributed by atoms with Crippen LogP contribution in [0.4, 0.5) is 0 Å². The third kappa shape index (κ3) is 3.19. The fraction of sp³-hybridized carbons (Fsp3) is 0.846. The van der Waals surface area contributed by atoms with Gasteiger partial charge in [-0.15, -0.1) is 0 Å². The Morgan fingerprint density at radius 2 is 1.82 bits per heavy atom. The number of rotatable bonds is 4. The lowest BCUT2D eigenvalue weighted by Gasteiger charge is -2.61. The summed E-state index contributed by atoms with van der Waals surface area (Å²) in [6.07, 6.45) is 4.67. The van der Waals surface area contributed by atoms with E-state index in [1.54, 1.807) is 0 Å². The maximum atomic E-state index is 13.5. The van der Waals surface area contributed by atoms with Crippen molar-refractivity contribution in [1.29, 1.82) is 0 Å². The molecular formula is C26H38O7. The molecule has 5 rings (SSSR count). The van der Waals surface area contributed by atoms with Gasteiger partial charge in [-0.3, -0.25) is 19.1 Å². The van der Waals surface area contributed by atoms with E-state index < -0.39 is 23.3 Å². The molecule has 1 aliphatic heterocycles. The van der Waals surface area contributed by atoms with Crippen LogP contribution in [0.2, 0.25) is 0 Å². The molecule has 7 heteroatoms. The highest BCUT2D eigenvalue weighted by Crippen LogP contribution is 2.69. The molecule has 33 heavy (non-hydrogen) atoms. The number of hydrogen-bond acceptors (Lipinski definition) is 7. The maximum absolute atomic E-state index is 13.5. The summed E-state index contributed by atoms with van der Waals surface area (Å²) in [5.74, 6) is 0.739. The molecule has 1 N–H and O–H groups in total. The lowest BCUT2D eigenvalue weighted by molar-refractivity contribution is -0.529. The molecule has 0 aromatic rings. The standard InChI is InChI=1S/C26H38O7/c1-5-30-26(31-6-2)32-15-21(29)25(33-26)12-10-19-18-8-7-16-13-17(27)9-11-23(16,3)22(18)20(28)14-24(19,25)4/h13,18-20,22,28H,5-12,14-15H2,1-4H3/t18-,19-,20-,22+,23-,24-,25-/m0/s1. The van der Waals surface area contributed by atoms with Crippen LogP contribution in [0.25, 0.3) is 0 Å². The Kier molecular flexibility index (Phi) is 5.69. The summed E-state index contributed by atoms with van der Waals surface area (Å²) >= 11 is 0. The van der Waals surface area contributed by atoms with E-state index in [9.17, 15) is 14.7 Å². The van der Waals surface area contributed by atoms with Crippen LogP contribution in [-0.4, -0.2) is 54.4 Å². The monoisotopic (exact) mass is 462 g/mol. The molecule has 1 saturated heterocycles. The van der Waals surface area contributed by atoms with E-state index in [1.165, 1.54) is 5.57 Å². The first-order valence-corrected chi connectivity index (χ1v) is 12.7. The fourth-order valence-electron chi connectivity index (χ4n) is 8.41. The third-order valence-corrected chi connectivity index (χ3v) is 9.79. The average molecular weight is 463 g/mol. The summed E-state index contributed by atoms with van der Waals surface area (Å²) in [6.45, 7) is 8.56. The summed E-state index contributed by atoms with van der Waals surface area (Å²) in [5.41, 5.74) is -0.601. The van der Waals surface area contributed by atoms with Crippen LogP contribution < -0.4 is 0 Å². The minimum absolute atomic E-state index is 0.0842. The zero-order valence-corrected chi connectivity index (χ0v) is 20.4. The molecule has 0 unspecified atom stereocenters. The van der Waals surface area contributed by atoms with Crippen molar-refractivity contribution in [2.24, 2.45) is 28.6 Å². The number of Topliss-reactive ketones (excluding diaryl/α,β-unsaturated/α-hetero) is 1. The van der Waals surface area contributed by atoms with Crippen molar-refractivity contribution in [3.63, 3.8) is 0 Å². The summed E-state index contributed by atoms with van der Waals surface area (Å²) in [5, 5.41) is 11.7. The van der Waals surface area contributed by atoms with Gasteiger partial charge in [0.25, 0.3) is 0 Å². The molecule has 0 aromatic carbocycles. The smallest absolute Gasteiger partial charge is 0.393 e. The van der Waals surface area contributed by atoms with Gasteiger partial charge < -0.3 is 14.6 Å². The van der Waals surface area contributed by atoms with Crippen molar-refractivity contribution < 1.29 is 33.6 Å². The van der Waals surface area contributed by atoms with Crippen molar-refractivity contribution in [1.82, 2.24) is 0 Å². The Balaban J connectivity index is 1.52. The predicted molar refractivity (Wildman–Crippen MR) is 119 cm³/mol. The molecule has 4 aliphatic carbocycles. The normalized spacial score (nSPS) is 46.5. The van der Waals surface area contributed by atoms with Gasteiger partial charge in [0.1, 0.15) is 12.2 Å². The van der Waals surface area contributed by atoms with Gasteiger partial charge in [0, 0.05) is 11.8 Å². The zero-order valence-electron chi connectivity index (χ0n) is 20.4. The van der Waals surface area contributed by atoms with Gasteiger partial charge in [0.05, 0.1) is 19.3 Å². The Morgan fingerprint density at radius 1 is 1.09 bits per heavy atom. The highest BCUT2D eigenvalue weighted by molar-refractivity contribution is 5.92. The van der Waals surface area contributed by atoms with Crippen LogP contribution >= 0.6 is 0 Å². The lowest BCUT2D eigenvalue weighted by Crippen LogP contribution is -2.68. The van der Waals surface area contributed by atoms with Crippen molar-refractivity contribution >= 4 is 11.6 Å². The molecule has 0 bridgehead atoms. The Hall–Kier alpha value is -1.12. The van der Waals surface area contributed by atoms with Gasteiger partial charge in [-0.2, -0.15) is 0 Å². The molecule has 0 aromatic heterocycles. The van der Waals surface area contributed by atoms with E-state index in [4.69, 9.17) is 18.9 Å². The van der Waals surface area contributed by atoms with Gasteiger partial charge in [0.15, 0.2) is 11.6 Å². The Morgan fingerprint density at radius 3 is 2.52 bits per heavy atom. The van der Waals surface area contributed by atoms with E-state index in [0.29, 0.717) is 32.5 Å². The fourth-order valence-corrected chi connectivity index (χ4v) is 8.41. The molecule has 7 nitrogen and oxygen atoms in total. The van der Waals surface area contributed by atoms with E-state index in [-0.39, 0.29) is 41.3 Å². The van der Waals surface area contributed by atoms with Gasteiger partial charge in [-0.25, -0.2) is 0 Å². The summed E-state index contributed by atoms with van der Waals surface area (Å²) in [7, 11) is 0. The molecule has 5 aliphatic rings. The van der Waals surface area contributed by atoms with Crippen molar-refractivity contribution in [3.05, 3.63) is 11.6 Å². The number of allylic oxidation sites excluding steroid dienone is 1. The molecule has 0 amide bonds. The van der Waals surface area contributed by atoms with Gasteiger partial charge in [-0.05, 0) is 81.6 Å². The molecule has 7 atom stereocenters. The zero-order chi connectivity index (χ0) is 23.6. The number of ether oxygens (including phenoxy) is 4. The van der Waals surface area contributed by atoms with Crippen LogP contribution in [0.1, 0.15) is 72.6 Å². The van der Waals surface area contributed by atoms with Crippen molar-refractivity contribution in [2.75, 3.05) is 19.8 Å². The lowest BCUT2D eigenvalue weighted by atomic mass is 9.45. The minimum atomic E-state index is -1.69. The average Bonchev–Trinajstić information content (AvgIpc) is 3.04. The van der Waals surface area contributed by atoms with E-state index in [1.807, 2.05) is 19.9 Å². The molecule has 1 heterocycles. The molecule has 3 saturated carbocycles. The van der Waals surface area contributed by atoms with Crippen LogP contribution in [0.15, 0.2) is 11.6 Å². The largest absolute Gasteiger partial charge is 0.414 e. The van der Waals surface area contributed by atoms with Gasteiger partial charge >= 0.3 is 6.16 Å². The third-order valence-electron chi connectivity index (χ3n) is 9.79. The number of hydrogen-bond donors (Lipinski definition) is 1. The second kappa shape index (κ2) is 7.95. The first kappa shape index (κ1) is 23.6. The SMILES string of the molecule is CCOC1(OCC)OCC(=O)[C@]2(CC[C@H]3[C@@H]4CCC5=CC(=O)CC[C@]5(C)[C@H]4[C@@H](O)C[C@@]32C)O1. The number of aliphatic hydroxyl groups excluding tert-OH is 1. The van der Waals surface area contributed by atoms with Crippen molar-refractivity contribution in [3.8, 4) is 0 Å². The minimum Gasteiger partial charge on any atom is -0.393 e. The predicted octanol–water partition coefficient (Wildman–Crippen LogP) is 3.53. The highest BCUT2D eigenvalue weighted by atomic mass is 17.0.